The lowest BCUT2D eigenvalue weighted by Gasteiger charge is -2.17. The van der Waals surface area contributed by atoms with Gasteiger partial charge in [-0.15, -0.1) is 0 Å². The Morgan fingerprint density at radius 3 is 2.11 bits per heavy atom. The fraction of sp³-hybridized carbons (Fsp3) is 0.0690. The molecule has 4 aromatic carbocycles. The van der Waals surface area contributed by atoms with Crippen molar-refractivity contribution in [2.24, 2.45) is 0 Å². The summed E-state index contributed by atoms with van der Waals surface area (Å²) in [7, 11) is -4.03. The van der Waals surface area contributed by atoms with Gasteiger partial charge in [-0.05, 0) is 47.0 Å². The number of hydrogen-bond donors (Lipinski definition) is 0. The van der Waals surface area contributed by atoms with Crippen molar-refractivity contribution in [1.29, 1.82) is 0 Å². The van der Waals surface area contributed by atoms with Gasteiger partial charge in [0.05, 0.1) is 5.75 Å². The first-order chi connectivity index (χ1) is 17.4. The number of benzene rings is 4. The minimum atomic E-state index is -4.03. The molecule has 0 spiro atoms. The van der Waals surface area contributed by atoms with Gasteiger partial charge < -0.3 is 4.74 Å². The number of para-hydroxylation sites is 1. The molecule has 4 aromatic rings. The summed E-state index contributed by atoms with van der Waals surface area (Å²) in [5.74, 6) is 0.131. The Kier molecular flexibility index (Phi) is 8.41. The van der Waals surface area contributed by atoms with Crippen LogP contribution >= 0.6 is 27.5 Å². The van der Waals surface area contributed by atoms with Crippen LogP contribution in [-0.4, -0.2) is 14.7 Å². The zero-order valence-electron chi connectivity index (χ0n) is 19.1. The number of halogens is 2. The third kappa shape index (κ3) is 6.32. The number of rotatable bonds is 9. The maximum Gasteiger partial charge on any atom is 0.186 e. The molecule has 36 heavy (non-hydrogen) atoms. The van der Waals surface area contributed by atoms with E-state index in [9.17, 15) is 13.2 Å². The summed E-state index contributed by atoms with van der Waals surface area (Å²) >= 11 is 9.38. The van der Waals surface area contributed by atoms with Crippen molar-refractivity contribution in [1.82, 2.24) is 0 Å². The van der Waals surface area contributed by atoms with Gasteiger partial charge in [0.2, 0.25) is 0 Å². The summed E-state index contributed by atoms with van der Waals surface area (Å²) < 4.78 is 34.1. The average molecular weight is 582 g/mol. The normalized spacial score (nSPS) is 12.1. The van der Waals surface area contributed by atoms with Gasteiger partial charge in [0.25, 0.3) is 0 Å². The molecule has 0 N–H and O–H groups in total. The monoisotopic (exact) mass is 580 g/mol. The maximum absolute atomic E-state index is 13.6. The number of ether oxygens (including phenoxy) is 1. The van der Waals surface area contributed by atoms with E-state index in [-0.39, 0.29) is 16.2 Å². The van der Waals surface area contributed by atoms with Crippen LogP contribution in [0.25, 0.3) is 5.57 Å². The van der Waals surface area contributed by atoms with Gasteiger partial charge in [-0.25, -0.2) is 8.42 Å². The summed E-state index contributed by atoms with van der Waals surface area (Å²) in [4.78, 5) is 12.1. The van der Waals surface area contributed by atoms with Crippen LogP contribution in [0.5, 0.6) is 5.75 Å². The number of hydrogen-bond acceptors (Lipinski definition) is 4. The number of carbonyl (C=O) groups excluding carboxylic acids is 1. The summed E-state index contributed by atoms with van der Waals surface area (Å²) in [6, 6.07) is 30.5. The molecule has 0 amide bonds. The molecule has 0 aliphatic heterocycles. The Morgan fingerprint density at radius 1 is 0.806 bits per heavy atom. The predicted octanol–water partition coefficient (Wildman–Crippen LogP) is 7.25. The number of aldehydes is 1. The third-order valence-corrected chi connectivity index (χ3v) is 7.95. The number of sulfone groups is 1. The standard InChI is InChI=1S/C29H22BrClO4S/c30-24-14-12-23(13-15-24)29(28(18-32)36(33,34)20-22-10-16-25(31)17-11-22)26-8-4-5-9-27(26)35-19-21-6-2-1-3-7-21/h1-18H,19-20H2/b29-28-. The Hall–Kier alpha value is -3.19. The molecule has 0 aliphatic rings. The van der Waals surface area contributed by atoms with Crippen LogP contribution in [0.2, 0.25) is 5.02 Å². The quantitative estimate of drug-likeness (QED) is 0.154. The molecular weight excluding hydrogens is 560 g/mol. The lowest BCUT2D eigenvalue weighted by Crippen LogP contribution is -2.12. The number of carbonyl (C=O) groups is 1. The van der Waals surface area contributed by atoms with E-state index in [4.69, 9.17) is 16.3 Å². The zero-order valence-corrected chi connectivity index (χ0v) is 22.3. The fourth-order valence-corrected chi connectivity index (χ4v) is 5.61. The van der Waals surface area contributed by atoms with E-state index in [0.717, 1.165) is 10.0 Å². The maximum atomic E-state index is 13.6. The second-order valence-electron chi connectivity index (χ2n) is 8.02. The van der Waals surface area contributed by atoms with Crippen molar-refractivity contribution in [3.8, 4) is 5.75 Å². The van der Waals surface area contributed by atoms with Crippen LogP contribution in [0.3, 0.4) is 0 Å². The molecule has 182 valence electrons. The van der Waals surface area contributed by atoms with Gasteiger partial charge >= 0.3 is 0 Å². The highest BCUT2D eigenvalue weighted by molar-refractivity contribution is 9.10. The Bertz CT molecular complexity index is 1480. The van der Waals surface area contributed by atoms with Crippen molar-refractivity contribution in [3.63, 3.8) is 0 Å². The van der Waals surface area contributed by atoms with Gasteiger partial charge in [-0.1, -0.05) is 100 Å². The van der Waals surface area contributed by atoms with E-state index in [1.165, 1.54) is 0 Å². The second kappa shape index (κ2) is 11.7. The lowest BCUT2D eigenvalue weighted by molar-refractivity contribution is -0.104. The third-order valence-electron chi connectivity index (χ3n) is 5.48. The van der Waals surface area contributed by atoms with Gasteiger partial charge in [0, 0.05) is 20.6 Å². The minimum absolute atomic E-state index is 0.287. The molecule has 0 bridgehead atoms. The molecule has 4 nitrogen and oxygen atoms in total. The molecule has 0 unspecified atom stereocenters. The molecule has 0 saturated carbocycles. The summed E-state index contributed by atoms with van der Waals surface area (Å²) in [5, 5.41) is 0.502. The van der Waals surface area contributed by atoms with Gasteiger partial charge in [-0.3, -0.25) is 4.79 Å². The highest BCUT2D eigenvalue weighted by atomic mass is 79.9. The smallest absolute Gasteiger partial charge is 0.186 e. The highest BCUT2D eigenvalue weighted by Gasteiger charge is 2.26. The molecule has 0 saturated heterocycles. The van der Waals surface area contributed by atoms with E-state index in [2.05, 4.69) is 15.9 Å². The molecule has 0 aromatic heterocycles. The van der Waals surface area contributed by atoms with Crippen molar-refractivity contribution in [2.45, 2.75) is 12.4 Å². The van der Waals surface area contributed by atoms with E-state index < -0.39 is 9.84 Å². The van der Waals surface area contributed by atoms with E-state index >= 15 is 0 Å². The first kappa shape index (κ1) is 25.9. The first-order valence-electron chi connectivity index (χ1n) is 11.1. The SMILES string of the molecule is O=C/C(=C(\c1ccc(Br)cc1)c1ccccc1OCc1ccccc1)S(=O)(=O)Cc1ccc(Cl)cc1. The summed E-state index contributed by atoms with van der Waals surface area (Å²) in [6.07, 6.45) is 0.413. The molecule has 0 radical (unpaired) electrons. The topological polar surface area (TPSA) is 60.4 Å². The molecule has 0 heterocycles. The largest absolute Gasteiger partial charge is 0.488 e. The molecule has 0 atom stereocenters. The molecular formula is C29H22BrClO4S. The van der Waals surface area contributed by atoms with E-state index in [0.29, 0.717) is 40.4 Å². The average Bonchev–Trinajstić information content (AvgIpc) is 2.88. The Labute approximate surface area is 224 Å². The van der Waals surface area contributed by atoms with E-state index in [1.807, 2.05) is 36.4 Å². The van der Waals surface area contributed by atoms with Crippen molar-refractivity contribution >= 4 is 49.2 Å². The first-order valence-corrected chi connectivity index (χ1v) is 13.9. The minimum Gasteiger partial charge on any atom is -0.488 e. The van der Waals surface area contributed by atoms with E-state index in [1.54, 1.807) is 66.7 Å². The Morgan fingerprint density at radius 2 is 1.44 bits per heavy atom. The van der Waals surface area contributed by atoms with Crippen molar-refractivity contribution in [2.75, 3.05) is 0 Å². The van der Waals surface area contributed by atoms with Crippen LogP contribution in [0, 0.1) is 0 Å². The van der Waals surface area contributed by atoms with Crippen molar-refractivity contribution < 1.29 is 17.9 Å². The highest BCUT2D eigenvalue weighted by Crippen LogP contribution is 2.36. The second-order valence-corrected chi connectivity index (χ2v) is 11.3. The van der Waals surface area contributed by atoms with Crippen LogP contribution < -0.4 is 4.74 Å². The van der Waals surface area contributed by atoms with Crippen LogP contribution in [0.15, 0.2) is 113 Å². The molecule has 7 heteroatoms. The van der Waals surface area contributed by atoms with Crippen molar-refractivity contribution in [3.05, 3.63) is 140 Å². The van der Waals surface area contributed by atoms with Crippen LogP contribution in [-0.2, 0) is 27.0 Å². The molecule has 4 rings (SSSR count). The van der Waals surface area contributed by atoms with Gasteiger partial charge in [0.1, 0.15) is 17.3 Å². The zero-order chi connectivity index (χ0) is 25.5. The van der Waals surface area contributed by atoms with Gasteiger partial charge in [-0.2, -0.15) is 0 Å². The Balaban J connectivity index is 1.85. The fourth-order valence-electron chi connectivity index (χ4n) is 3.75. The van der Waals surface area contributed by atoms with Crippen LogP contribution in [0.4, 0.5) is 0 Å². The predicted molar refractivity (Wildman–Crippen MR) is 148 cm³/mol. The molecule has 0 fully saturated rings. The number of allylic oxidation sites excluding steroid dienone is 1. The van der Waals surface area contributed by atoms with Gasteiger partial charge in [0.15, 0.2) is 16.1 Å². The molecule has 0 aliphatic carbocycles. The summed E-state index contributed by atoms with van der Waals surface area (Å²) in [6.45, 7) is 0.291. The lowest BCUT2D eigenvalue weighted by atomic mass is 9.96. The summed E-state index contributed by atoms with van der Waals surface area (Å²) in [5.41, 5.74) is 2.87. The van der Waals surface area contributed by atoms with Crippen LogP contribution in [0.1, 0.15) is 22.3 Å².